The quantitative estimate of drug-likeness (QED) is 0.683. The van der Waals surface area contributed by atoms with Crippen LogP contribution in [0.2, 0.25) is 0 Å². The maximum atomic E-state index is 5.66. The minimum atomic E-state index is 0.489. The molecular formula is C13H18N6. The first-order chi connectivity index (χ1) is 9.24. The summed E-state index contributed by atoms with van der Waals surface area (Å²) in [7, 11) is 0. The molecule has 2 aromatic rings. The SMILES string of the molecule is Cc1nc(N)cc(NCCCNc2cccnc2)n1. The van der Waals surface area contributed by atoms with Gasteiger partial charge in [-0.15, -0.1) is 0 Å². The van der Waals surface area contributed by atoms with E-state index in [0.717, 1.165) is 31.0 Å². The van der Waals surface area contributed by atoms with Crippen molar-refractivity contribution in [3.05, 3.63) is 36.4 Å². The number of aryl methyl sites for hydroxylation is 1. The highest BCUT2D eigenvalue weighted by molar-refractivity contribution is 5.44. The molecule has 0 radical (unpaired) electrons. The van der Waals surface area contributed by atoms with Gasteiger partial charge in [0.05, 0.1) is 5.69 Å². The molecule has 2 rings (SSSR count). The number of nitrogens with two attached hydrogens (primary N) is 1. The van der Waals surface area contributed by atoms with Gasteiger partial charge in [0.15, 0.2) is 0 Å². The Morgan fingerprint density at radius 2 is 2.05 bits per heavy atom. The molecular weight excluding hydrogens is 240 g/mol. The second-order valence-electron chi connectivity index (χ2n) is 4.17. The summed E-state index contributed by atoms with van der Waals surface area (Å²) in [5.74, 6) is 1.94. The van der Waals surface area contributed by atoms with Crippen LogP contribution in [0.5, 0.6) is 0 Å². The maximum absolute atomic E-state index is 5.66. The van der Waals surface area contributed by atoms with Crippen LogP contribution in [0.4, 0.5) is 17.3 Å². The van der Waals surface area contributed by atoms with Gasteiger partial charge in [-0.2, -0.15) is 0 Å². The Labute approximate surface area is 112 Å². The molecule has 0 amide bonds. The lowest BCUT2D eigenvalue weighted by Gasteiger charge is -2.08. The first-order valence-corrected chi connectivity index (χ1v) is 6.23. The van der Waals surface area contributed by atoms with E-state index < -0.39 is 0 Å². The van der Waals surface area contributed by atoms with E-state index in [2.05, 4.69) is 25.6 Å². The second kappa shape index (κ2) is 6.53. The second-order valence-corrected chi connectivity index (χ2v) is 4.17. The van der Waals surface area contributed by atoms with Gasteiger partial charge in [0.1, 0.15) is 17.5 Å². The molecule has 2 aromatic heterocycles. The third-order valence-corrected chi connectivity index (χ3v) is 2.51. The minimum Gasteiger partial charge on any atom is -0.384 e. The van der Waals surface area contributed by atoms with Crippen LogP contribution in [0.3, 0.4) is 0 Å². The number of nitrogens with one attached hydrogen (secondary N) is 2. The number of rotatable bonds is 6. The van der Waals surface area contributed by atoms with Crippen LogP contribution in [0.25, 0.3) is 0 Å². The number of pyridine rings is 1. The number of anilines is 3. The van der Waals surface area contributed by atoms with E-state index in [4.69, 9.17) is 5.73 Å². The average molecular weight is 258 g/mol. The summed E-state index contributed by atoms with van der Waals surface area (Å²) in [5.41, 5.74) is 6.69. The van der Waals surface area contributed by atoms with Crippen molar-refractivity contribution in [2.75, 3.05) is 29.5 Å². The highest BCUT2D eigenvalue weighted by atomic mass is 15.0. The molecule has 6 heteroatoms. The minimum absolute atomic E-state index is 0.489. The van der Waals surface area contributed by atoms with Crippen molar-refractivity contribution in [3.8, 4) is 0 Å². The summed E-state index contributed by atoms with van der Waals surface area (Å²) in [5, 5.41) is 6.52. The van der Waals surface area contributed by atoms with Crippen molar-refractivity contribution in [2.45, 2.75) is 13.3 Å². The number of aromatic nitrogens is 3. The van der Waals surface area contributed by atoms with Crippen LogP contribution in [0, 0.1) is 6.92 Å². The Bertz CT molecular complexity index is 494. The molecule has 19 heavy (non-hydrogen) atoms. The first-order valence-electron chi connectivity index (χ1n) is 6.23. The van der Waals surface area contributed by atoms with E-state index in [1.807, 2.05) is 25.3 Å². The van der Waals surface area contributed by atoms with Crippen molar-refractivity contribution in [3.63, 3.8) is 0 Å². The zero-order valence-corrected chi connectivity index (χ0v) is 10.9. The van der Waals surface area contributed by atoms with E-state index in [9.17, 15) is 0 Å². The molecule has 0 fully saturated rings. The molecule has 0 aliphatic rings. The number of nitrogens with zero attached hydrogens (tertiary/aromatic N) is 3. The molecule has 0 saturated carbocycles. The van der Waals surface area contributed by atoms with Gasteiger partial charge >= 0.3 is 0 Å². The Balaban J connectivity index is 1.69. The molecule has 2 heterocycles. The van der Waals surface area contributed by atoms with E-state index in [0.29, 0.717) is 11.6 Å². The van der Waals surface area contributed by atoms with E-state index in [1.54, 1.807) is 12.3 Å². The summed E-state index contributed by atoms with van der Waals surface area (Å²) < 4.78 is 0. The van der Waals surface area contributed by atoms with Crippen LogP contribution in [0.1, 0.15) is 12.2 Å². The van der Waals surface area contributed by atoms with Gasteiger partial charge in [0.2, 0.25) is 0 Å². The number of nitrogen functional groups attached to an aromatic ring is 1. The smallest absolute Gasteiger partial charge is 0.131 e. The Hall–Kier alpha value is -2.37. The average Bonchev–Trinajstić information content (AvgIpc) is 2.38. The van der Waals surface area contributed by atoms with Gasteiger partial charge < -0.3 is 16.4 Å². The Morgan fingerprint density at radius 1 is 1.21 bits per heavy atom. The fraction of sp³-hybridized carbons (Fsp3) is 0.308. The largest absolute Gasteiger partial charge is 0.384 e. The predicted molar refractivity (Wildman–Crippen MR) is 77.0 cm³/mol. The van der Waals surface area contributed by atoms with Crippen molar-refractivity contribution in [1.82, 2.24) is 15.0 Å². The molecule has 100 valence electrons. The summed E-state index contributed by atoms with van der Waals surface area (Å²) in [6.07, 6.45) is 4.54. The molecule has 0 atom stereocenters. The van der Waals surface area contributed by atoms with E-state index >= 15 is 0 Å². The molecule has 4 N–H and O–H groups in total. The lowest BCUT2D eigenvalue weighted by atomic mass is 10.3. The third kappa shape index (κ3) is 4.42. The predicted octanol–water partition coefficient (Wildman–Crippen LogP) is 1.68. The van der Waals surface area contributed by atoms with E-state index in [1.165, 1.54) is 0 Å². The van der Waals surface area contributed by atoms with Crippen LogP contribution in [-0.2, 0) is 0 Å². The summed E-state index contributed by atoms with van der Waals surface area (Å²) in [6, 6.07) is 5.64. The normalized spacial score (nSPS) is 10.2. The number of hydrogen-bond acceptors (Lipinski definition) is 6. The zero-order valence-electron chi connectivity index (χ0n) is 10.9. The molecule has 0 aromatic carbocycles. The fourth-order valence-electron chi connectivity index (χ4n) is 1.69. The molecule has 0 bridgehead atoms. The fourth-order valence-corrected chi connectivity index (χ4v) is 1.69. The van der Waals surface area contributed by atoms with Crippen LogP contribution in [-0.4, -0.2) is 28.0 Å². The summed E-state index contributed by atoms with van der Waals surface area (Å²) in [6.45, 7) is 3.52. The monoisotopic (exact) mass is 258 g/mol. The van der Waals surface area contributed by atoms with Crippen LogP contribution in [0.15, 0.2) is 30.6 Å². The van der Waals surface area contributed by atoms with Gasteiger partial charge in [-0.05, 0) is 25.5 Å². The Morgan fingerprint density at radius 3 is 2.79 bits per heavy atom. The van der Waals surface area contributed by atoms with Gasteiger partial charge in [-0.1, -0.05) is 0 Å². The standard InChI is InChI=1S/C13H18N6/c1-10-18-12(14)8-13(19-10)17-7-3-6-16-11-4-2-5-15-9-11/h2,4-5,8-9,16H,3,6-7H2,1H3,(H3,14,17,18,19). The lowest BCUT2D eigenvalue weighted by molar-refractivity contribution is 0.898. The Kier molecular flexibility index (Phi) is 4.49. The third-order valence-electron chi connectivity index (χ3n) is 2.51. The van der Waals surface area contributed by atoms with Gasteiger partial charge in [0, 0.05) is 31.5 Å². The molecule has 0 unspecified atom stereocenters. The summed E-state index contributed by atoms with van der Waals surface area (Å²) in [4.78, 5) is 12.3. The highest BCUT2D eigenvalue weighted by Gasteiger charge is 1.98. The van der Waals surface area contributed by atoms with Crippen molar-refractivity contribution < 1.29 is 0 Å². The summed E-state index contributed by atoms with van der Waals surface area (Å²) >= 11 is 0. The van der Waals surface area contributed by atoms with Crippen molar-refractivity contribution in [2.24, 2.45) is 0 Å². The molecule has 0 saturated heterocycles. The van der Waals surface area contributed by atoms with Gasteiger partial charge in [-0.25, -0.2) is 9.97 Å². The van der Waals surface area contributed by atoms with Gasteiger partial charge in [-0.3, -0.25) is 4.98 Å². The van der Waals surface area contributed by atoms with Crippen LogP contribution >= 0.6 is 0 Å². The molecule has 0 spiro atoms. The molecule has 0 aliphatic heterocycles. The maximum Gasteiger partial charge on any atom is 0.131 e. The lowest BCUT2D eigenvalue weighted by Crippen LogP contribution is -2.11. The van der Waals surface area contributed by atoms with Crippen molar-refractivity contribution >= 4 is 17.3 Å². The van der Waals surface area contributed by atoms with Gasteiger partial charge in [0.25, 0.3) is 0 Å². The van der Waals surface area contributed by atoms with E-state index in [-0.39, 0.29) is 0 Å². The highest BCUT2D eigenvalue weighted by Crippen LogP contribution is 2.07. The van der Waals surface area contributed by atoms with Crippen molar-refractivity contribution in [1.29, 1.82) is 0 Å². The molecule has 6 nitrogen and oxygen atoms in total. The molecule has 0 aliphatic carbocycles. The number of hydrogen-bond donors (Lipinski definition) is 3. The topological polar surface area (TPSA) is 88.8 Å². The van der Waals surface area contributed by atoms with Crippen LogP contribution < -0.4 is 16.4 Å². The first kappa shape index (κ1) is 13.1. The zero-order chi connectivity index (χ0) is 13.5.